The molecule has 8 heteroatoms. The second-order valence-electron chi connectivity index (χ2n) is 4.01. The summed E-state index contributed by atoms with van der Waals surface area (Å²) < 4.78 is 0.633. The number of carboxylic acids is 1. The van der Waals surface area contributed by atoms with Crippen LogP contribution in [0.25, 0.3) is 0 Å². The summed E-state index contributed by atoms with van der Waals surface area (Å²) in [7, 11) is 0. The van der Waals surface area contributed by atoms with Crippen LogP contribution in [0.1, 0.15) is 15.9 Å². The maximum Gasteiger partial charge on any atom is 0.335 e. The summed E-state index contributed by atoms with van der Waals surface area (Å²) in [5, 5.41) is 20.4. The van der Waals surface area contributed by atoms with Crippen molar-refractivity contribution in [3.05, 3.63) is 62.2 Å². The Labute approximate surface area is 132 Å². The molecule has 0 radical (unpaired) electrons. The van der Waals surface area contributed by atoms with Gasteiger partial charge in [-0.25, -0.2) is 9.78 Å². The lowest BCUT2D eigenvalue weighted by molar-refractivity contribution is -0.385. The number of nitro groups is 1. The average molecular weight is 369 g/mol. The number of hydrogen-bond acceptors (Lipinski definition) is 5. The number of halogens is 1. The zero-order valence-corrected chi connectivity index (χ0v) is 12.9. The van der Waals surface area contributed by atoms with Gasteiger partial charge >= 0.3 is 5.97 Å². The Morgan fingerprint density at radius 2 is 2.14 bits per heavy atom. The molecule has 0 aliphatic heterocycles. The quantitative estimate of drug-likeness (QED) is 0.490. The number of benzene rings is 1. The van der Waals surface area contributed by atoms with Crippen molar-refractivity contribution in [2.75, 3.05) is 0 Å². The van der Waals surface area contributed by atoms with E-state index >= 15 is 0 Å². The summed E-state index contributed by atoms with van der Waals surface area (Å²) in [6.45, 7) is 0. The van der Waals surface area contributed by atoms with E-state index < -0.39 is 10.9 Å². The number of hydrogen-bond donors (Lipinski definition) is 1. The van der Waals surface area contributed by atoms with Crippen LogP contribution in [0.5, 0.6) is 0 Å². The molecule has 0 aliphatic rings. The molecule has 2 aromatic rings. The van der Waals surface area contributed by atoms with Gasteiger partial charge in [0.2, 0.25) is 0 Å². The fourth-order valence-corrected chi connectivity index (χ4v) is 2.84. The van der Waals surface area contributed by atoms with Crippen LogP contribution in [0.3, 0.4) is 0 Å². The molecule has 1 N–H and O–H groups in total. The summed E-state index contributed by atoms with van der Waals surface area (Å²) >= 11 is 4.45. The van der Waals surface area contributed by atoms with E-state index in [0.29, 0.717) is 20.8 Å². The smallest absolute Gasteiger partial charge is 0.335 e. The molecule has 1 heterocycles. The first kappa shape index (κ1) is 15.5. The average Bonchev–Trinajstić information content (AvgIpc) is 2.46. The number of carboxylic acid groups (broad SMARTS) is 1. The molecule has 0 saturated heterocycles. The molecule has 0 saturated carbocycles. The van der Waals surface area contributed by atoms with Crippen LogP contribution < -0.4 is 0 Å². The highest BCUT2D eigenvalue weighted by molar-refractivity contribution is 9.10. The van der Waals surface area contributed by atoms with Gasteiger partial charge in [-0.15, -0.1) is 11.8 Å². The Bertz CT molecular complexity index is 708. The molecule has 1 aromatic heterocycles. The van der Waals surface area contributed by atoms with Crippen molar-refractivity contribution in [3.63, 3.8) is 0 Å². The van der Waals surface area contributed by atoms with Gasteiger partial charge in [0.15, 0.2) is 0 Å². The number of pyridine rings is 1. The summed E-state index contributed by atoms with van der Waals surface area (Å²) in [5.41, 5.74) is 0.708. The molecule has 0 atom stereocenters. The predicted octanol–water partition coefficient (Wildman–Crippen LogP) is 3.74. The van der Waals surface area contributed by atoms with Crippen molar-refractivity contribution < 1.29 is 14.8 Å². The number of nitro benzene ring substituents is 1. The number of nitrogens with zero attached hydrogens (tertiary/aromatic N) is 2. The molecule has 0 spiro atoms. The van der Waals surface area contributed by atoms with E-state index in [2.05, 4.69) is 20.9 Å². The molecule has 0 fully saturated rings. The maximum absolute atomic E-state index is 11.0. The monoisotopic (exact) mass is 368 g/mol. The van der Waals surface area contributed by atoms with E-state index in [1.807, 2.05) is 0 Å². The molecule has 6 nitrogen and oxygen atoms in total. The van der Waals surface area contributed by atoms with Gasteiger partial charge in [-0.2, -0.15) is 0 Å². The van der Waals surface area contributed by atoms with Crippen LogP contribution >= 0.6 is 27.7 Å². The lowest BCUT2D eigenvalue weighted by Gasteiger charge is -2.04. The second kappa shape index (κ2) is 6.68. The van der Waals surface area contributed by atoms with E-state index in [4.69, 9.17) is 5.11 Å². The van der Waals surface area contributed by atoms with Gasteiger partial charge in [0.1, 0.15) is 0 Å². The molecule has 0 unspecified atom stereocenters. The lowest BCUT2D eigenvalue weighted by Crippen LogP contribution is -1.97. The third-order valence-electron chi connectivity index (χ3n) is 2.60. The standard InChI is InChI=1S/C13H9BrN2O4S/c14-10-2-1-9(11(6-10)16(19)20)7-21-12-5-8(13(17)18)3-4-15-12/h1-6H,7H2,(H,17,18). The molecule has 2 rings (SSSR count). The summed E-state index contributed by atoms with van der Waals surface area (Å²) in [5.74, 6) is -0.700. The Balaban J connectivity index is 2.18. The SMILES string of the molecule is O=C(O)c1ccnc(SCc2ccc(Br)cc2[N+](=O)[O-])c1. The Hall–Kier alpha value is -1.93. The van der Waals surface area contributed by atoms with Crippen LogP contribution in [0.15, 0.2) is 46.0 Å². The van der Waals surface area contributed by atoms with Gasteiger partial charge in [-0.3, -0.25) is 10.1 Å². The van der Waals surface area contributed by atoms with Gasteiger partial charge < -0.3 is 5.11 Å². The van der Waals surface area contributed by atoms with Crippen LogP contribution in [-0.4, -0.2) is 21.0 Å². The predicted molar refractivity (Wildman–Crippen MR) is 81.6 cm³/mol. The minimum atomic E-state index is -1.03. The van der Waals surface area contributed by atoms with Crippen molar-refractivity contribution >= 4 is 39.3 Å². The molecular formula is C13H9BrN2O4S. The third kappa shape index (κ3) is 4.02. The topological polar surface area (TPSA) is 93.3 Å². The van der Waals surface area contributed by atoms with Crippen LogP contribution in [0.4, 0.5) is 5.69 Å². The van der Waals surface area contributed by atoms with Gasteiger partial charge in [0, 0.05) is 28.1 Å². The molecule has 1 aromatic carbocycles. The number of thioether (sulfide) groups is 1. The molecule has 0 amide bonds. The molecule has 0 aliphatic carbocycles. The first-order valence-corrected chi connectivity index (χ1v) is 7.50. The zero-order chi connectivity index (χ0) is 15.4. The second-order valence-corrected chi connectivity index (χ2v) is 5.92. The highest BCUT2D eigenvalue weighted by Crippen LogP contribution is 2.29. The summed E-state index contributed by atoms with van der Waals surface area (Å²) in [6, 6.07) is 7.67. The number of aromatic nitrogens is 1. The van der Waals surface area contributed by atoms with Crippen molar-refractivity contribution in [2.45, 2.75) is 10.8 Å². The lowest BCUT2D eigenvalue weighted by atomic mass is 10.2. The van der Waals surface area contributed by atoms with Crippen molar-refractivity contribution in [1.29, 1.82) is 0 Å². The van der Waals surface area contributed by atoms with Crippen molar-refractivity contribution in [3.8, 4) is 0 Å². The normalized spacial score (nSPS) is 10.3. The highest BCUT2D eigenvalue weighted by atomic mass is 79.9. The number of aromatic carboxylic acids is 1. The Morgan fingerprint density at radius 3 is 2.81 bits per heavy atom. The van der Waals surface area contributed by atoms with Gasteiger partial charge in [-0.05, 0) is 18.2 Å². The van der Waals surface area contributed by atoms with E-state index in [9.17, 15) is 14.9 Å². The number of rotatable bonds is 5. The molecular weight excluding hydrogens is 360 g/mol. The van der Waals surface area contributed by atoms with E-state index in [1.54, 1.807) is 12.1 Å². The van der Waals surface area contributed by atoms with Crippen LogP contribution in [0, 0.1) is 10.1 Å². The largest absolute Gasteiger partial charge is 0.478 e. The minimum absolute atomic E-state index is 0.0197. The van der Waals surface area contributed by atoms with E-state index in [0.717, 1.165) is 0 Å². The van der Waals surface area contributed by atoms with Crippen LogP contribution in [0.2, 0.25) is 0 Å². The minimum Gasteiger partial charge on any atom is -0.478 e. The first-order valence-electron chi connectivity index (χ1n) is 5.72. The maximum atomic E-state index is 11.0. The molecule has 21 heavy (non-hydrogen) atoms. The summed E-state index contributed by atoms with van der Waals surface area (Å²) in [6.07, 6.45) is 1.40. The van der Waals surface area contributed by atoms with E-state index in [1.165, 1.54) is 36.2 Å². The fourth-order valence-electron chi connectivity index (χ4n) is 1.60. The fraction of sp³-hybridized carbons (Fsp3) is 0.0769. The van der Waals surface area contributed by atoms with Crippen molar-refractivity contribution in [1.82, 2.24) is 4.98 Å². The number of carbonyl (C=O) groups is 1. The Kier molecular flexibility index (Phi) is 4.92. The summed E-state index contributed by atoms with van der Waals surface area (Å²) in [4.78, 5) is 25.5. The van der Waals surface area contributed by atoms with Crippen molar-refractivity contribution in [2.24, 2.45) is 0 Å². The Morgan fingerprint density at radius 1 is 1.38 bits per heavy atom. The highest BCUT2D eigenvalue weighted by Gasteiger charge is 2.14. The van der Waals surface area contributed by atoms with Gasteiger partial charge in [0.25, 0.3) is 5.69 Å². The third-order valence-corrected chi connectivity index (χ3v) is 4.07. The first-order chi connectivity index (χ1) is 9.97. The van der Waals surface area contributed by atoms with Gasteiger partial charge in [0.05, 0.1) is 15.5 Å². The zero-order valence-electron chi connectivity index (χ0n) is 10.5. The van der Waals surface area contributed by atoms with E-state index in [-0.39, 0.29) is 11.3 Å². The molecule has 108 valence electrons. The molecule has 0 bridgehead atoms. The van der Waals surface area contributed by atoms with Crippen LogP contribution in [-0.2, 0) is 5.75 Å². The van der Waals surface area contributed by atoms with Gasteiger partial charge in [-0.1, -0.05) is 22.0 Å².